The van der Waals surface area contributed by atoms with Gasteiger partial charge in [-0.3, -0.25) is 14.5 Å². The van der Waals surface area contributed by atoms with E-state index in [1.54, 1.807) is 29.2 Å². The van der Waals surface area contributed by atoms with Crippen molar-refractivity contribution in [1.29, 1.82) is 5.26 Å². The molecule has 1 saturated heterocycles. The Bertz CT molecular complexity index is 685. The third kappa shape index (κ3) is 6.03. The summed E-state index contributed by atoms with van der Waals surface area (Å²) in [5, 5.41) is 13.4. The largest absolute Gasteiger partial charge is 0.326 e. The van der Waals surface area contributed by atoms with Crippen molar-refractivity contribution in [2.24, 2.45) is 0 Å². The molecule has 0 radical (unpaired) electrons. The predicted molar refractivity (Wildman–Crippen MR) is 106 cm³/mol. The molecule has 1 aromatic carbocycles. The van der Waals surface area contributed by atoms with Crippen molar-refractivity contribution in [3.05, 3.63) is 24.3 Å². The van der Waals surface area contributed by atoms with Crippen molar-refractivity contribution in [2.45, 2.75) is 42.8 Å². The molecule has 1 N–H and O–H groups in total. The fraction of sp³-hybridized carbons (Fsp3) is 0.412. The van der Waals surface area contributed by atoms with Gasteiger partial charge in [0.15, 0.2) is 0 Å². The van der Waals surface area contributed by atoms with Crippen LogP contribution in [-0.2, 0) is 9.59 Å². The monoisotopic (exact) mass is 393 g/mol. The molecule has 0 bridgehead atoms. The van der Waals surface area contributed by atoms with Crippen LogP contribution in [0.25, 0.3) is 0 Å². The highest BCUT2D eigenvalue weighted by molar-refractivity contribution is 8.24. The van der Waals surface area contributed by atoms with Crippen LogP contribution in [0.3, 0.4) is 0 Å². The zero-order chi connectivity index (χ0) is 18.2. The van der Waals surface area contributed by atoms with Gasteiger partial charge in [0.05, 0.1) is 5.25 Å². The van der Waals surface area contributed by atoms with Gasteiger partial charge in [0.1, 0.15) is 9.72 Å². The Morgan fingerprint density at radius 1 is 1.36 bits per heavy atom. The number of hydrogen-bond acceptors (Lipinski definition) is 6. The van der Waals surface area contributed by atoms with Crippen LogP contribution in [0.5, 0.6) is 0 Å². The van der Waals surface area contributed by atoms with Crippen LogP contribution in [0.15, 0.2) is 29.2 Å². The molecule has 25 heavy (non-hydrogen) atoms. The Hall–Kier alpha value is -1.56. The highest BCUT2D eigenvalue weighted by Crippen LogP contribution is 2.27. The molecule has 2 amide bonds. The molecule has 1 unspecified atom stereocenters. The number of nitriles is 1. The van der Waals surface area contributed by atoms with Crippen LogP contribution in [0.2, 0.25) is 0 Å². The second-order valence-electron chi connectivity index (χ2n) is 5.59. The minimum Gasteiger partial charge on any atom is -0.326 e. The molecule has 0 aliphatic carbocycles. The van der Waals surface area contributed by atoms with Crippen LogP contribution in [0, 0.1) is 10.7 Å². The number of nitrogens with zero attached hydrogens (tertiary/aromatic N) is 2. The van der Waals surface area contributed by atoms with Crippen LogP contribution < -0.4 is 5.32 Å². The molecule has 1 aliphatic heterocycles. The lowest BCUT2D eigenvalue weighted by molar-refractivity contribution is -0.125. The van der Waals surface area contributed by atoms with Crippen molar-refractivity contribution >= 4 is 57.6 Å². The van der Waals surface area contributed by atoms with Crippen LogP contribution >= 0.6 is 35.7 Å². The molecule has 132 valence electrons. The van der Waals surface area contributed by atoms with Crippen molar-refractivity contribution in [2.75, 3.05) is 11.9 Å². The van der Waals surface area contributed by atoms with Crippen molar-refractivity contribution in [3.8, 4) is 5.40 Å². The number of nitrogens with one attached hydrogen (secondary N) is 1. The zero-order valence-corrected chi connectivity index (χ0v) is 16.3. The number of thiocyanates is 1. The van der Waals surface area contributed by atoms with Gasteiger partial charge < -0.3 is 5.32 Å². The summed E-state index contributed by atoms with van der Waals surface area (Å²) in [7, 11) is 0. The van der Waals surface area contributed by atoms with E-state index < -0.39 is 0 Å². The molecule has 5 nitrogen and oxygen atoms in total. The number of rotatable bonds is 8. The highest BCUT2D eigenvalue weighted by Gasteiger charge is 2.32. The van der Waals surface area contributed by atoms with E-state index in [0.29, 0.717) is 17.3 Å². The summed E-state index contributed by atoms with van der Waals surface area (Å²) in [6, 6.07) is 7.18. The van der Waals surface area contributed by atoms with Crippen molar-refractivity contribution < 1.29 is 9.59 Å². The summed E-state index contributed by atoms with van der Waals surface area (Å²) in [6.07, 6.45) is 2.92. The maximum absolute atomic E-state index is 11.9. The fourth-order valence-corrected chi connectivity index (χ4v) is 4.22. The van der Waals surface area contributed by atoms with Crippen LogP contribution in [0.4, 0.5) is 5.69 Å². The predicted octanol–water partition coefficient (Wildman–Crippen LogP) is 4.01. The summed E-state index contributed by atoms with van der Waals surface area (Å²) in [5.41, 5.74) is 0.728. The Labute approximate surface area is 161 Å². The molecule has 0 spiro atoms. The van der Waals surface area contributed by atoms with Gasteiger partial charge in [-0.25, -0.2) is 0 Å². The first kappa shape index (κ1) is 19.8. The number of hydrogen-bond donors (Lipinski definition) is 1. The van der Waals surface area contributed by atoms with Gasteiger partial charge in [0, 0.05) is 23.5 Å². The zero-order valence-electron chi connectivity index (χ0n) is 13.9. The van der Waals surface area contributed by atoms with Gasteiger partial charge >= 0.3 is 0 Å². The molecule has 1 aromatic rings. The number of carbonyl (C=O) groups excluding carboxylic acids is 2. The molecule has 1 heterocycles. The summed E-state index contributed by atoms with van der Waals surface area (Å²) in [4.78, 5) is 26.3. The minimum atomic E-state index is -0.0729. The number of thioether (sulfide) groups is 2. The maximum atomic E-state index is 11.9. The minimum absolute atomic E-state index is 0.0300. The Balaban J connectivity index is 1.63. The summed E-state index contributed by atoms with van der Waals surface area (Å²) >= 11 is 7.72. The van der Waals surface area contributed by atoms with E-state index in [4.69, 9.17) is 17.5 Å². The Kier molecular flexibility index (Phi) is 7.75. The van der Waals surface area contributed by atoms with E-state index in [9.17, 15) is 9.59 Å². The Morgan fingerprint density at radius 3 is 2.68 bits per heavy atom. The first-order chi connectivity index (χ1) is 12.0. The van der Waals surface area contributed by atoms with Crippen LogP contribution in [0.1, 0.15) is 32.6 Å². The molecular formula is C17H19N3O2S3. The van der Waals surface area contributed by atoms with E-state index in [2.05, 4.69) is 5.32 Å². The topological polar surface area (TPSA) is 73.2 Å². The number of thiocarbonyl (C=S) groups is 1. The molecule has 0 aromatic heterocycles. The second-order valence-corrected chi connectivity index (χ2v) is 8.43. The first-order valence-electron chi connectivity index (χ1n) is 7.99. The lowest BCUT2D eigenvalue weighted by Gasteiger charge is -2.14. The summed E-state index contributed by atoms with van der Waals surface area (Å²) in [6.45, 7) is 2.50. The van der Waals surface area contributed by atoms with Gasteiger partial charge in [0.25, 0.3) is 0 Å². The normalized spacial score (nSPS) is 16.8. The number of anilines is 1. The SMILES string of the molecule is CC1SC(=S)N(CCCCCC(=O)Nc2ccc(SC#N)cc2)C1=O. The van der Waals surface area contributed by atoms with E-state index in [1.807, 2.05) is 12.3 Å². The molecule has 8 heteroatoms. The lowest BCUT2D eigenvalue weighted by atomic mass is 10.1. The molecule has 0 saturated carbocycles. The quantitative estimate of drug-likeness (QED) is 0.311. The van der Waals surface area contributed by atoms with Gasteiger partial charge in [-0.2, -0.15) is 5.26 Å². The number of unbranched alkanes of at least 4 members (excludes halogenated alkanes) is 2. The molecule has 1 aliphatic rings. The smallest absolute Gasteiger partial charge is 0.241 e. The van der Waals surface area contributed by atoms with Crippen molar-refractivity contribution in [1.82, 2.24) is 4.90 Å². The lowest BCUT2D eigenvalue weighted by Crippen LogP contribution is -2.31. The Morgan fingerprint density at radius 2 is 2.08 bits per heavy atom. The second kappa shape index (κ2) is 9.80. The summed E-state index contributed by atoms with van der Waals surface area (Å²) < 4.78 is 0.660. The number of benzene rings is 1. The van der Waals surface area contributed by atoms with E-state index in [-0.39, 0.29) is 17.1 Å². The third-order valence-electron chi connectivity index (χ3n) is 3.70. The molecule has 1 atom stereocenters. The van der Waals surface area contributed by atoms with Crippen LogP contribution in [-0.4, -0.2) is 32.8 Å². The number of carbonyl (C=O) groups is 2. The average molecular weight is 394 g/mol. The van der Waals surface area contributed by atoms with Gasteiger partial charge in [-0.1, -0.05) is 30.4 Å². The first-order valence-corrected chi connectivity index (χ1v) is 10.1. The van der Waals surface area contributed by atoms with Crippen molar-refractivity contribution in [3.63, 3.8) is 0 Å². The molecule has 2 rings (SSSR count). The van der Waals surface area contributed by atoms with Gasteiger partial charge in [-0.15, -0.1) is 0 Å². The third-order valence-corrected chi connectivity index (χ3v) is 5.78. The van der Waals surface area contributed by atoms with E-state index in [1.165, 1.54) is 11.8 Å². The van der Waals surface area contributed by atoms with Gasteiger partial charge in [-0.05, 0) is 55.8 Å². The standard InChI is InChI=1S/C17H19N3O2S3/c1-12-16(22)20(17(23)25-12)10-4-2-3-5-15(21)19-13-6-8-14(9-7-13)24-11-18/h6-9,12H,2-5,10H2,1H3,(H,19,21). The van der Waals surface area contributed by atoms with Gasteiger partial charge in [0.2, 0.25) is 11.8 Å². The van der Waals surface area contributed by atoms with E-state index in [0.717, 1.165) is 41.6 Å². The summed E-state index contributed by atoms with van der Waals surface area (Å²) in [5.74, 6) is 0.0587. The van der Waals surface area contributed by atoms with E-state index >= 15 is 0 Å². The molecular weight excluding hydrogens is 374 g/mol. The average Bonchev–Trinajstić information content (AvgIpc) is 2.82. The number of amides is 2. The fourth-order valence-electron chi connectivity index (χ4n) is 2.39. The highest BCUT2D eigenvalue weighted by atomic mass is 32.2. The maximum Gasteiger partial charge on any atom is 0.241 e. The molecule has 1 fully saturated rings.